The van der Waals surface area contributed by atoms with Crippen molar-refractivity contribution >= 4 is 0 Å². The Bertz CT molecular complexity index is 170. The summed E-state index contributed by atoms with van der Waals surface area (Å²) in [6, 6.07) is 0. The van der Waals surface area contributed by atoms with Gasteiger partial charge in [0.25, 0.3) is 0 Å². The predicted octanol–water partition coefficient (Wildman–Crippen LogP) is 2.06. The number of aliphatic hydroxyl groups is 1. The molecule has 0 bridgehead atoms. The lowest BCUT2D eigenvalue weighted by Crippen LogP contribution is -2.47. The summed E-state index contributed by atoms with van der Waals surface area (Å²) in [7, 11) is 0. The molecular weight excluding hydrogens is 212 g/mol. The third-order valence-corrected chi connectivity index (χ3v) is 3.06. The van der Waals surface area contributed by atoms with Crippen LogP contribution < -0.4 is 0 Å². The van der Waals surface area contributed by atoms with E-state index < -0.39 is 0 Å². The lowest BCUT2D eigenvalue weighted by atomic mass is 9.92. The van der Waals surface area contributed by atoms with Crippen LogP contribution in [0.5, 0.6) is 0 Å². The molecule has 17 heavy (non-hydrogen) atoms. The van der Waals surface area contributed by atoms with Gasteiger partial charge in [0, 0.05) is 32.7 Å². The molecule has 1 aliphatic heterocycles. The zero-order chi connectivity index (χ0) is 13.3. The summed E-state index contributed by atoms with van der Waals surface area (Å²) in [5.41, 5.74) is 0.447. The first-order valence-corrected chi connectivity index (χ1v) is 7.07. The van der Waals surface area contributed by atoms with Crippen LogP contribution in [0.3, 0.4) is 0 Å². The number of piperazine rings is 1. The van der Waals surface area contributed by atoms with Crippen molar-refractivity contribution in [3.05, 3.63) is 0 Å². The topological polar surface area (TPSA) is 26.7 Å². The SMILES string of the molecule is CC.CC(C)(C)CCN1CCN(CCO)CC1. The second-order valence-electron chi connectivity index (χ2n) is 5.72. The second-order valence-corrected chi connectivity index (χ2v) is 5.72. The van der Waals surface area contributed by atoms with E-state index in [4.69, 9.17) is 5.11 Å². The highest BCUT2D eigenvalue weighted by molar-refractivity contribution is 4.73. The fourth-order valence-electron chi connectivity index (χ4n) is 1.87. The molecule has 1 heterocycles. The van der Waals surface area contributed by atoms with Crippen molar-refractivity contribution in [2.24, 2.45) is 5.41 Å². The van der Waals surface area contributed by atoms with Crippen molar-refractivity contribution in [2.75, 3.05) is 45.9 Å². The van der Waals surface area contributed by atoms with E-state index in [1.807, 2.05) is 13.8 Å². The van der Waals surface area contributed by atoms with Crippen LogP contribution in [-0.2, 0) is 0 Å². The molecule has 0 radical (unpaired) electrons. The molecule has 1 saturated heterocycles. The molecule has 1 N–H and O–H groups in total. The van der Waals surface area contributed by atoms with Crippen LogP contribution in [0.2, 0.25) is 0 Å². The number of β-amino-alcohol motifs (C(OH)–C–C–N with tert-alkyl or cyclic N) is 1. The van der Waals surface area contributed by atoms with Crippen molar-refractivity contribution < 1.29 is 5.11 Å². The normalized spacial score (nSPS) is 18.7. The molecule has 0 aromatic heterocycles. The molecule has 0 spiro atoms. The Morgan fingerprint density at radius 1 is 0.882 bits per heavy atom. The minimum absolute atomic E-state index is 0.294. The third kappa shape index (κ3) is 8.58. The van der Waals surface area contributed by atoms with Crippen molar-refractivity contribution in [1.82, 2.24) is 9.80 Å². The van der Waals surface area contributed by atoms with E-state index in [9.17, 15) is 0 Å². The molecule has 1 rings (SSSR count). The molecule has 0 unspecified atom stereocenters. The molecule has 0 saturated carbocycles. The van der Waals surface area contributed by atoms with Gasteiger partial charge in [-0.05, 0) is 18.4 Å². The minimum Gasteiger partial charge on any atom is -0.395 e. The largest absolute Gasteiger partial charge is 0.395 e. The van der Waals surface area contributed by atoms with Gasteiger partial charge in [-0.3, -0.25) is 4.90 Å². The van der Waals surface area contributed by atoms with Gasteiger partial charge in [0.2, 0.25) is 0 Å². The molecule has 0 aliphatic carbocycles. The molecule has 104 valence electrons. The van der Waals surface area contributed by atoms with E-state index in [2.05, 4.69) is 30.6 Å². The molecule has 0 aromatic rings. The molecule has 0 aromatic carbocycles. The van der Waals surface area contributed by atoms with Gasteiger partial charge >= 0.3 is 0 Å². The molecule has 1 aliphatic rings. The Morgan fingerprint density at radius 3 is 1.65 bits per heavy atom. The van der Waals surface area contributed by atoms with E-state index in [0.717, 1.165) is 32.7 Å². The summed E-state index contributed by atoms with van der Waals surface area (Å²) in [5.74, 6) is 0. The van der Waals surface area contributed by atoms with Gasteiger partial charge in [-0.25, -0.2) is 0 Å². The standard InChI is InChI=1S/C12H26N2O.C2H6/c1-12(2,3)4-5-13-6-8-14(9-7-13)10-11-15;1-2/h15H,4-11H2,1-3H3;1-2H3. The molecule has 0 amide bonds. The Kier molecular flexibility index (Phi) is 8.83. The summed E-state index contributed by atoms with van der Waals surface area (Å²) in [5, 5.41) is 8.84. The molecule has 3 nitrogen and oxygen atoms in total. The number of aliphatic hydroxyl groups excluding tert-OH is 1. The Labute approximate surface area is 108 Å². The van der Waals surface area contributed by atoms with Gasteiger partial charge in [0.05, 0.1) is 6.61 Å². The lowest BCUT2D eigenvalue weighted by molar-refractivity contribution is 0.105. The smallest absolute Gasteiger partial charge is 0.0558 e. The van der Waals surface area contributed by atoms with Crippen molar-refractivity contribution in [2.45, 2.75) is 41.0 Å². The Morgan fingerprint density at radius 2 is 1.29 bits per heavy atom. The van der Waals surface area contributed by atoms with Crippen molar-refractivity contribution in [3.63, 3.8) is 0 Å². The predicted molar refractivity (Wildman–Crippen MR) is 75.4 cm³/mol. The molecular formula is C14H32N2O. The number of nitrogens with zero attached hydrogens (tertiary/aromatic N) is 2. The van der Waals surface area contributed by atoms with E-state index in [0.29, 0.717) is 12.0 Å². The van der Waals surface area contributed by atoms with E-state index in [1.165, 1.54) is 13.0 Å². The van der Waals surface area contributed by atoms with Gasteiger partial charge in [-0.15, -0.1) is 0 Å². The lowest BCUT2D eigenvalue weighted by Gasteiger charge is -2.35. The van der Waals surface area contributed by atoms with E-state index in [1.54, 1.807) is 0 Å². The van der Waals surface area contributed by atoms with Crippen LogP contribution in [0.25, 0.3) is 0 Å². The van der Waals surface area contributed by atoms with Crippen LogP contribution >= 0.6 is 0 Å². The van der Waals surface area contributed by atoms with E-state index >= 15 is 0 Å². The summed E-state index contributed by atoms with van der Waals surface area (Å²) >= 11 is 0. The minimum atomic E-state index is 0.294. The monoisotopic (exact) mass is 244 g/mol. The maximum atomic E-state index is 8.84. The van der Waals surface area contributed by atoms with Gasteiger partial charge in [0.1, 0.15) is 0 Å². The van der Waals surface area contributed by atoms with Crippen LogP contribution in [0.1, 0.15) is 41.0 Å². The van der Waals surface area contributed by atoms with Gasteiger partial charge in [0.15, 0.2) is 0 Å². The first kappa shape index (κ1) is 16.9. The summed E-state index contributed by atoms with van der Waals surface area (Å²) in [4.78, 5) is 4.88. The molecule has 1 fully saturated rings. The highest BCUT2D eigenvalue weighted by Gasteiger charge is 2.18. The number of hydrogen-bond donors (Lipinski definition) is 1. The molecule has 0 atom stereocenters. The van der Waals surface area contributed by atoms with Crippen LogP contribution in [0, 0.1) is 5.41 Å². The van der Waals surface area contributed by atoms with Crippen molar-refractivity contribution in [1.29, 1.82) is 0 Å². The summed E-state index contributed by atoms with van der Waals surface area (Å²) in [6.07, 6.45) is 1.27. The fourth-order valence-corrected chi connectivity index (χ4v) is 1.87. The Hall–Kier alpha value is -0.120. The van der Waals surface area contributed by atoms with Crippen LogP contribution in [-0.4, -0.2) is 60.8 Å². The average Bonchev–Trinajstić information content (AvgIpc) is 2.30. The molecule has 3 heteroatoms. The van der Waals surface area contributed by atoms with Crippen molar-refractivity contribution in [3.8, 4) is 0 Å². The van der Waals surface area contributed by atoms with Gasteiger partial charge in [-0.1, -0.05) is 34.6 Å². The first-order chi connectivity index (χ1) is 8.01. The highest BCUT2D eigenvalue weighted by Crippen LogP contribution is 2.19. The quantitative estimate of drug-likeness (QED) is 0.820. The average molecular weight is 244 g/mol. The Balaban J connectivity index is 0.00000121. The van der Waals surface area contributed by atoms with E-state index in [-0.39, 0.29) is 0 Å². The number of hydrogen-bond acceptors (Lipinski definition) is 3. The third-order valence-electron chi connectivity index (χ3n) is 3.06. The summed E-state index contributed by atoms with van der Waals surface area (Å²) < 4.78 is 0. The second kappa shape index (κ2) is 8.90. The zero-order valence-corrected chi connectivity index (χ0v) is 12.5. The van der Waals surface area contributed by atoms with Gasteiger partial charge in [-0.2, -0.15) is 0 Å². The number of rotatable bonds is 4. The van der Waals surface area contributed by atoms with Crippen LogP contribution in [0.15, 0.2) is 0 Å². The van der Waals surface area contributed by atoms with Crippen LogP contribution in [0.4, 0.5) is 0 Å². The first-order valence-electron chi connectivity index (χ1n) is 7.07. The fraction of sp³-hybridized carbons (Fsp3) is 1.00. The maximum absolute atomic E-state index is 8.84. The van der Waals surface area contributed by atoms with Gasteiger partial charge < -0.3 is 10.0 Å². The maximum Gasteiger partial charge on any atom is 0.0558 e. The summed E-state index contributed by atoms with van der Waals surface area (Å²) in [6.45, 7) is 17.8. The zero-order valence-electron chi connectivity index (χ0n) is 12.5. The highest BCUT2D eigenvalue weighted by atomic mass is 16.3.